The van der Waals surface area contributed by atoms with Crippen LogP contribution < -0.4 is 10.1 Å². The predicted octanol–water partition coefficient (Wildman–Crippen LogP) is 1.05. The van der Waals surface area contributed by atoms with E-state index in [0.29, 0.717) is 12.3 Å². The summed E-state index contributed by atoms with van der Waals surface area (Å²) in [6.45, 7) is 2.52. The van der Waals surface area contributed by atoms with Gasteiger partial charge in [-0.05, 0) is 20.2 Å². The molecular weight excluding hydrogens is 204 g/mol. The number of para-hydroxylation sites is 1. The van der Waals surface area contributed by atoms with E-state index in [1.807, 2.05) is 26.2 Å². The molecule has 0 spiro atoms. The maximum Gasteiger partial charge on any atom is 0.162 e. The summed E-state index contributed by atoms with van der Waals surface area (Å²) in [6.07, 6.45) is 0. The Balaban J connectivity index is 2.47. The van der Waals surface area contributed by atoms with Gasteiger partial charge in [0.25, 0.3) is 0 Å². The van der Waals surface area contributed by atoms with Crippen LogP contribution in [0.3, 0.4) is 0 Å². The Hall–Kier alpha value is -1.26. The van der Waals surface area contributed by atoms with E-state index in [9.17, 15) is 5.11 Å². The van der Waals surface area contributed by atoms with Crippen LogP contribution >= 0.6 is 0 Å². The highest BCUT2D eigenvalue weighted by Crippen LogP contribution is 2.28. The second-order valence-corrected chi connectivity index (χ2v) is 3.95. The zero-order chi connectivity index (χ0) is 12.0. The maximum absolute atomic E-state index is 9.82. The number of nitrogens with zero attached hydrogens (tertiary/aromatic N) is 1. The third-order valence-electron chi connectivity index (χ3n) is 2.35. The number of aromatic hydroxyl groups is 1. The average Bonchev–Trinajstić information content (AvgIpc) is 2.26. The molecule has 0 heterocycles. The van der Waals surface area contributed by atoms with Gasteiger partial charge in [0, 0.05) is 25.2 Å². The van der Waals surface area contributed by atoms with Gasteiger partial charge in [-0.2, -0.15) is 0 Å². The predicted molar refractivity (Wildman–Crippen MR) is 64.9 cm³/mol. The highest BCUT2D eigenvalue weighted by Gasteiger charge is 2.06. The standard InChI is InChI=1S/C12H20N2O2/c1-14(2)8-7-13-9-10-5-4-6-11(16-3)12(10)15/h4-6,13,15H,7-9H2,1-3H3. The van der Waals surface area contributed by atoms with Gasteiger partial charge in [-0.25, -0.2) is 0 Å². The molecule has 4 nitrogen and oxygen atoms in total. The normalized spacial score (nSPS) is 10.8. The van der Waals surface area contributed by atoms with E-state index in [0.717, 1.165) is 18.7 Å². The first-order chi connectivity index (χ1) is 7.65. The van der Waals surface area contributed by atoms with Gasteiger partial charge in [-0.1, -0.05) is 12.1 Å². The van der Waals surface area contributed by atoms with Crippen LogP contribution in [0.2, 0.25) is 0 Å². The number of nitrogens with one attached hydrogen (secondary N) is 1. The minimum Gasteiger partial charge on any atom is -0.504 e. The fourth-order valence-electron chi connectivity index (χ4n) is 1.40. The number of hydrogen-bond donors (Lipinski definition) is 2. The van der Waals surface area contributed by atoms with Crippen molar-refractivity contribution >= 4 is 0 Å². The second kappa shape index (κ2) is 6.35. The third kappa shape index (κ3) is 3.72. The lowest BCUT2D eigenvalue weighted by Gasteiger charge is -2.12. The van der Waals surface area contributed by atoms with Crippen molar-refractivity contribution in [2.24, 2.45) is 0 Å². The van der Waals surface area contributed by atoms with Gasteiger partial charge in [-0.15, -0.1) is 0 Å². The topological polar surface area (TPSA) is 44.7 Å². The van der Waals surface area contributed by atoms with Crippen LogP contribution in [0.25, 0.3) is 0 Å². The second-order valence-electron chi connectivity index (χ2n) is 3.95. The molecule has 0 radical (unpaired) electrons. The van der Waals surface area contributed by atoms with Gasteiger partial charge in [0.1, 0.15) is 0 Å². The largest absolute Gasteiger partial charge is 0.504 e. The fraction of sp³-hybridized carbons (Fsp3) is 0.500. The number of phenols is 1. The minimum absolute atomic E-state index is 0.224. The number of methoxy groups -OCH3 is 1. The first-order valence-electron chi connectivity index (χ1n) is 5.35. The maximum atomic E-state index is 9.82. The molecule has 0 atom stereocenters. The van der Waals surface area contributed by atoms with E-state index in [4.69, 9.17) is 4.74 Å². The van der Waals surface area contributed by atoms with Gasteiger partial charge in [-0.3, -0.25) is 0 Å². The Bertz CT molecular complexity index is 327. The Kier molecular flexibility index (Phi) is 5.08. The van der Waals surface area contributed by atoms with Crippen LogP contribution in [-0.4, -0.2) is 44.3 Å². The lowest BCUT2D eigenvalue weighted by molar-refractivity contribution is 0.368. The first kappa shape index (κ1) is 12.8. The molecule has 0 aliphatic rings. The smallest absolute Gasteiger partial charge is 0.162 e. The number of phenolic OH excluding ortho intramolecular Hbond substituents is 1. The summed E-state index contributed by atoms with van der Waals surface area (Å²) >= 11 is 0. The van der Waals surface area contributed by atoms with Crippen molar-refractivity contribution in [1.82, 2.24) is 10.2 Å². The fourth-order valence-corrected chi connectivity index (χ4v) is 1.40. The number of likely N-dealkylation sites (N-methyl/N-ethyl adjacent to an activating group) is 1. The Labute approximate surface area is 96.8 Å². The number of benzene rings is 1. The molecular formula is C12H20N2O2. The van der Waals surface area contributed by atoms with Crippen molar-refractivity contribution in [2.75, 3.05) is 34.3 Å². The van der Waals surface area contributed by atoms with E-state index in [1.165, 1.54) is 0 Å². The summed E-state index contributed by atoms with van der Waals surface area (Å²) in [5.41, 5.74) is 0.859. The summed E-state index contributed by atoms with van der Waals surface area (Å²) in [5.74, 6) is 0.745. The average molecular weight is 224 g/mol. The van der Waals surface area contributed by atoms with Gasteiger partial charge < -0.3 is 20.1 Å². The quantitative estimate of drug-likeness (QED) is 0.709. The number of hydrogen-bond acceptors (Lipinski definition) is 4. The molecule has 0 saturated heterocycles. The molecule has 4 heteroatoms. The molecule has 16 heavy (non-hydrogen) atoms. The lowest BCUT2D eigenvalue weighted by Crippen LogP contribution is -2.26. The van der Waals surface area contributed by atoms with Crippen LogP contribution in [0.1, 0.15) is 5.56 Å². The summed E-state index contributed by atoms with van der Waals surface area (Å²) in [5, 5.41) is 13.1. The minimum atomic E-state index is 0.224. The zero-order valence-corrected chi connectivity index (χ0v) is 10.2. The van der Waals surface area contributed by atoms with Gasteiger partial charge in [0.15, 0.2) is 11.5 Å². The molecule has 0 fully saturated rings. The Morgan fingerprint density at radius 1 is 1.38 bits per heavy atom. The molecule has 0 bridgehead atoms. The highest BCUT2D eigenvalue weighted by atomic mass is 16.5. The van der Waals surface area contributed by atoms with Crippen LogP contribution in [0.4, 0.5) is 0 Å². The van der Waals surface area contributed by atoms with Crippen molar-refractivity contribution in [3.63, 3.8) is 0 Å². The van der Waals surface area contributed by atoms with E-state index < -0.39 is 0 Å². The van der Waals surface area contributed by atoms with Gasteiger partial charge >= 0.3 is 0 Å². The van der Waals surface area contributed by atoms with E-state index >= 15 is 0 Å². The van der Waals surface area contributed by atoms with Crippen molar-refractivity contribution in [3.8, 4) is 11.5 Å². The van der Waals surface area contributed by atoms with Crippen LogP contribution in [-0.2, 0) is 6.54 Å². The van der Waals surface area contributed by atoms with Crippen molar-refractivity contribution in [2.45, 2.75) is 6.54 Å². The number of ether oxygens (including phenoxy) is 1. The first-order valence-corrected chi connectivity index (χ1v) is 5.35. The molecule has 0 amide bonds. The monoisotopic (exact) mass is 224 g/mol. The molecule has 0 saturated carbocycles. The molecule has 1 aromatic rings. The molecule has 0 aromatic heterocycles. The SMILES string of the molecule is COc1cccc(CNCCN(C)C)c1O. The Morgan fingerprint density at radius 3 is 2.75 bits per heavy atom. The van der Waals surface area contributed by atoms with Gasteiger partial charge in [0.2, 0.25) is 0 Å². The summed E-state index contributed by atoms with van der Waals surface area (Å²) in [6, 6.07) is 5.51. The Morgan fingerprint density at radius 2 is 2.12 bits per heavy atom. The molecule has 90 valence electrons. The highest BCUT2D eigenvalue weighted by molar-refractivity contribution is 5.45. The van der Waals surface area contributed by atoms with E-state index in [2.05, 4.69) is 10.2 Å². The van der Waals surface area contributed by atoms with Crippen LogP contribution in [0, 0.1) is 0 Å². The third-order valence-corrected chi connectivity index (χ3v) is 2.35. The van der Waals surface area contributed by atoms with E-state index in [-0.39, 0.29) is 5.75 Å². The summed E-state index contributed by atoms with van der Waals surface area (Å²) < 4.78 is 5.04. The van der Waals surface area contributed by atoms with Crippen molar-refractivity contribution in [3.05, 3.63) is 23.8 Å². The molecule has 2 N–H and O–H groups in total. The van der Waals surface area contributed by atoms with Crippen LogP contribution in [0.15, 0.2) is 18.2 Å². The van der Waals surface area contributed by atoms with Crippen molar-refractivity contribution < 1.29 is 9.84 Å². The molecule has 0 unspecified atom stereocenters. The zero-order valence-electron chi connectivity index (χ0n) is 10.2. The van der Waals surface area contributed by atoms with Crippen molar-refractivity contribution in [1.29, 1.82) is 0 Å². The summed E-state index contributed by atoms with van der Waals surface area (Å²) in [4.78, 5) is 2.11. The van der Waals surface area contributed by atoms with Crippen LogP contribution in [0.5, 0.6) is 11.5 Å². The van der Waals surface area contributed by atoms with E-state index in [1.54, 1.807) is 13.2 Å². The molecule has 1 rings (SSSR count). The van der Waals surface area contributed by atoms with Gasteiger partial charge in [0.05, 0.1) is 7.11 Å². The lowest BCUT2D eigenvalue weighted by atomic mass is 10.2. The number of rotatable bonds is 6. The summed E-state index contributed by atoms with van der Waals surface area (Å²) in [7, 11) is 5.62. The molecule has 0 aliphatic heterocycles. The molecule has 1 aromatic carbocycles. The molecule has 0 aliphatic carbocycles.